The number of allylic oxidation sites excluding steroid dienone is 2. The average molecular weight is 298 g/mol. The number of hydrogen-bond donors (Lipinski definition) is 1. The van der Waals surface area contributed by atoms with Crippen molar-refractivity contribution in [2.24, 2.45) is 11.8 Å². The smallest absolute Gasteiger partial charge is 0.303 e. The van der Waals surface area contributed by atoms with Crippen molar-refractivity contribution in [3.05, 3.63) is 12.2 Å². The molecule has 2 saturated heterocycles. The van der Waals surface area contributed by atoms with Crippen molar-refractivity contribution < 1.29 is 24.1 Å². The van der Waals surface area contributed by atoms with Crippen LogP contribution in [0.1, 0.15) is 39.5 Å². The predicted molar refractivity (Wildman–Crippen MR) is 77.9 cm³/mol. The molecular weight excluding hydrogens is 272 g/mol. The third-order valence-corrected chi connectivity index (χ3v) is 4.12. The topological polar surface area (TPSA) is 65.0 Å². The number of hydrogen-bond acceptors (Lipinski definition) is 4. The second-order valence-electron chi connectivity index (χ2n) is 6.32. The first-order chi connectivity index (χ1) is 9.98. The highest BCUT2D eigenvalue weighted by Crippen LogP contribution is 2.35. The number of carbonyl (C=O) groups is 1. The second kappa shape index (κ2) is 7.38. The fourth-order valence-electron chi connectivity index (χ4n) is 2.96. The quantitative estimate of drug-likeness (QED) is 0.578. The Morgan fingerprint density at radius 2 is 2.10 bits per heavy atom. The molecule has 0 aromatic heterocycles. The van der Waals surface area contributed by atoms with Crippen molar-refractivity contribution in [3.8, 4) is 0 Å². The number of ether oxygens (including phenoxy) is 3. The van der Waals surface area contributed by atoms with Gasteiger partial charge in [-0.2, -0.15) is 0 Å². The molecule has 2 aliphatic heterocycles. The van der Waals surface area contributed by atoms with Crippen LogP contribution < -0.4 is 0 Å². The van der Waals surface area contributed by atoms with Crippen LogP contribution in [-0.2, 0) is 19.0 Å². The minimum atomic E-state index is -0.728. The summed E-state index contributed by atoms with van der Waals surface area (Å²) >= 11 is 0. The van der Waals surface area contributed by atoms with Crippen LogP contribution in [0.5, 0.6) is 0 Å². The van der Waals surface area contributed by atoms with Gasteiger partial charge in [-0.3, -0.25) is 4.79 Å². The summed E-state index contributed by atoms with van der Waals surface area (Å²) in [7, 11) is 0. The molecule has 0 amide bonds. The molecule has 0 spiro atoms. The fourth-order valence-corrected chi connectivity index (χ4v) is 2.96. The van der Waals surface area contributed by atoms with Crippen LogP contribution in [0.4, 0.5) is 0 Å². The zero-order valence-corrected chi connectivity index (χ0v) is 12.9. The molecule has 21 heavy (non-hydrogen) atoms. The van der Waals surface area contributed by atoms with Crippen molar-refractivity contribution in [1.82, 2.24) is 0 Å². The van der Waals surface area contributed by atoms with Crippen LogP contribution in [0.3, 0.4) is 0 Å². The van der Waals surface area contributed by atoms with Crippen LogP contribution in [0.2, 0.25) is 0 Å². The number of unbranched alkanes of at least 4 members (excludes halogenated alkanes) is 1. The maximum absolute atomic E-state index is 10.4. The Hall–Kier alpha value is -0.910. The third-order valence-electron chi connectivity index (χ3n) is 4.12. The van der Waals surface area contributed by atoms with Gasteiger partial charge >= 0.3 is 5.97 Å². The number of aliphatic carboxylic acids is 1. The Morgan fingerprint density at radius 1 is 1.29 bits per heavy atom. The lowest BCUT2D eigenvalue weighted by atomic mass is 9.88. The summed E-state index contributed by atoms with van der Waals surface area (Å²) in [4.78, 5) is 10.4. The van der Waals surface area contributed by atoms with E-state index in [2.05, 4.69) is 12.2 Å². The van der Waals surface area contributed by atoms with Gasteiger partial charge in [-0.25, -0.2) is 0 Å². The summed E-state index contributed by atoms with van der Waals surface area (Å²) in [5.41, 5.74) is 0. The molecular formula is C16H26O5. The first-order valence-electron chi connectivity index (χ1n) is 7.74. The maximum atomic E-state index is 10.4. The zero-order chi connectivity index (χ0) is 15.3. The standard InChI is InChI=1S/C16H26O5/c1-16(2)20-11-14(21-16)13-10-19-9-12(13)7-5-3-4-6-8-15(17)18/h3,5,12-14H,4,6-11H2,1-2H3,(H,17,18)/t12-,13+,14?/m0/s1. The van der Waals surface area contributed by atoms with Gasteiger partial charge in [0.1, 0.15) is 0 Å². The van der Waals surface area contributed by atoms with Gasteiger partial charge in [-0.05, 0) is 39.0 Å². The Balaban J connectivity index is 1.72. The molecule has 1 unspecified atom stereocenters. The minimum Gasteiger partial charge on any atom is -0.481 e. The summed E-state index contributed by atoms with van der Waals surface area (Å²) in [6, 6.07) is 0. The summed E-state index contributed by atoms with van der Waals surface area (Å²) in [6.07, 6.45) is 7.06. The van der Waals surface area contributed by atoms with E-state index in [-0.39, 0.29) is 12.5 Å². The van der Waals surface area contributed by atoms with Crippen LogP contribution in [0, 0.1) is 11.8 Å². The Labute approximate surface area is 126 Å². The largest absolute Gasteiger partial charge is 0.481 e. The van der Waals surface area contributed by atoms with E-state index in [4.69, 9.17) is 19.3 Å². The molecule has 0 aliphatic carbocycles. The van der Waals surface area contributed by atoms with E-state index < -0.39 is 11.8 Å². The van der Waals surface area contributed by atoms with Crippen LogP contribution in [0.15, 0.2) is 12.2 Å². The summed E-state index contributed by atoms with van der Waals surface area (Å²) in [5.74, 6) is -0.364. The first kappa shape index (κ1) is 16.5. The molecule has 2 rings (SSSR count). The van der Waals surface area contributed by atoms with Gasteiger partial charge in [0, 0.05) is 12.3 Å². The van der Waals surface area contributed by atoms with E-state index >= 15 is 0 Å². The molecule has 2 heterocycles. The summed E-state index contributed by atoms with van der Waals surface area (Å²) < 4.78 is 17.2. The van der Waals surface area contributed by atoms with E-state index in [9.17, 15) is 4.79 Å². The normalized spacial score (nSPS) is 32.0. The lowest BCUT2D eigenvalue weighted by Crippen LogP contribution is -2.31. The van der Waals surface area contributed by atoms with Gasteiger partial charge < -0.3 is 19.3 Å². The third kappa shape index (κ3) is 5.09. The van der Waals surface area contributed by atoms with E-state index in [0.717, 1.165) is 26.1 Å². The molecule has 0 aromatic carbocycles. The zero-order valence-electron chi connectivity index (χ0n) is 12.9. The first-order valence-corrected chi connectivity index (χ1v) is 7.74. The van der Waals surface area contributed by atoms with E-state index in [1.165, 1.54) is 0 Å². The van der Waals surface area contributed by atoms with Crippen molar-refractivity contribution in [1.29, 1.82) is 0 Å². The number of rotatable bonds is 7. The SMILES string of the molecule is CC1(C)OCC([C@@H]2COC[C@@H]2CC=CCCCC(=O)O)O1. The van der Waals surface area contributed by atoms with E-state index in [0.29, 0.717) is 24.9 Å². The predicted octanol–water partition coefficient (Wildman–Crippen LogP) is 2.60. The van der Waals surface area contributed by atoms with Gasteiger partial charge in [-0.15, -0.1) is 0 Å². The van der Waals surface area contributed by atoms with Crippen LogP contribution >= 0.6 is 0 Å². The highest BCUT2D eigenvalue weighted by molar-refractivity contribution is 5.66. The van der Waals surface area contributed by atoms with Crippen LogP contribution in [0.25, 0.3) is 0 Å². The molecule has 0 bridgehead atoms. The Kier molecular flexibility index (Phi) is 5.79. The molecule has 3 atom stereocenters. The van der Waals surface area contributed by atoms with Crippen molar-refractivity contribution >= 4 is 5.97 Å². The van der Waals surface area contributed by atoms with Crippen molar-refractivity contribution in [2.45, 2.75) is 51.4 Å². The molecule has 2 fully saturated rings. The molecule has 120 valence electrons. The molecule has 0 saturated carbocycles. The number of carboxylic acids is 1. The molecule has 5 nitrogen and oxygen atoms in total. The van der Waals surface area contributed by atoms with E-state index in [1.807, 2.05) is 13.8 Å². The van der Waals surface area contributed by atoms with E-state index in [1.54, 1.807) is 0 Å². The lowest BCUT2D eigenvalue weighted by Gasteiger charge is -2.23. The monoisotopic (exact) mass is 298 g/mol. The fraction of sp³-hybridized carbons (Fsp3) is 0.812. The molecule has 0 aromatic rings. The second-order valence-corrected chi connectivity index (χ2v) is 6.32. The molecule has 1 N–H and O–H groups in total. The van der Waals surface area contributed by atoms with Crippen molar-refractivity contribution in [2.75, 3.05) is 19.8 Å². The van der Waals surface area contributed by atoms with Gasteiger partial charge in [0.25, 0.3) is 0 Å². The Morgan fingerprint density at radius 3 is 2.76 bits per heavy atom. The highest BCUT2D eigenvalue weighted by Gasteiger charge is 2.42. The van der Waals surface area contributed by atoms with Gasteiger partial charge in [-0.1, -0.05) is 12.2 Å². The van der Waals surface area contributed by atoms with Crippen molar-refractivity contribution in [3.63, 3.8) is 0 Å². The van der Waals surface area contributed by atoms with Gasteiger partial charge in [0.15, 0.2) is 5.79 Å². The number of carboxylic acid groups (broad SMARTS) is 1. The Bertz CT molecular complexity index is 377. The van der Waals surface area contributed by atoms with Gasteiger partial charge in [0.05, 0.1) is 25.9 Å². The van der Waals surface area contributed by atoms with Crippen LogP contribution in [-0.4, -0.2) is 42.8 Å². The molecule has 2 aliphatic rings. The summed E-state index contributed by atoms with van der Waals surface area (Å²) in [6.45, 7) is 6.03. The highest BCUT2D eigenvalue weighted by atomic mass is 16.7. The molecule has 0 radical (unpaired) electrons. The average Bonchev–Trinajstić information content (AvgIpc) is 2.99. The van der Waals surface area contributed by atoms with Gasteiger partial charge in [0.2, 0.25) is 0 Å². The molecule has 5 heteroatoms. The summed E-state index contributed by atoms with van der Waals surface area (Å²) in [5, 5.41) is 8.57. The maximum Gasteiger partial charge on any atom is 0.303 e. The minimum absolute atomic E-state index is 0.118. The lowest BCUT2D eigenvalue weighted by molar-refractivity contribution is -0.145.